The summed E-state index contributed by atoms with van der Waals surface area (Å²) in [4.78, 5) is 15.1. The Labute approximate surface area is 183 Å². The van der Waals surface area contributed by atoms with Gasteiger partial charge in [0.1, 0.15) is 0 Å². The van der Waals surface area contributed by atoms with Gasteiger partial charge in [-0.2, -0.15) is 5.10 Å². The summed E-state index contributed by atoms with van der Waals surface area (Å²) in [5.74, 6) is -4.08. The van der Waals surface area contributed by atoms with Crippen molar-refractivity contribution in [2.45, 2.75) is 32.4 Å². The number of fused-ring (bicyclic) bond motifs is 2. The van der Waals surface area contributed by atoms with Gasteiger partial charge in [0, 0.05) is 30.3 Å². The smallest absolute Gasteiger partial charge is 0.254 e. The van der Waals surface area contributed by atoms with Crippen molar-refractivity contribution in [1.29, 1.82) is 0 Å². The minimum Gasteiger partial charge on any atom is -0.376 e. The molecule has 5 nitrogen and oxygen atoms in total. The predicted octanol–water partition coefficient (Wildman–Crippen LogP) is 4.34. The minimum atomic E-state index is -1.50. The van der Waals surface area contributed by atoms with Crippen molar-refractivity contribution < 1.29 is 22.7 Å². The molecule has 0 spiro atoms. The van der Waals surface area contributed by atoms with E-state index < -0.39 is 17.5 Å². The van der Waals surface area contributed by atoms with Crippen molar-refractivity contribution in [3.05, 3.63) is 75.7 Å². The summed E-state index contributed by atoms with van der Waals surface area (Å²) in [5.41, 5.74) is 5.08. The Balaban J connectivity index is 1.48. The maximum atomic E-state index is 13.8. The number of amides is 1. The number of hydrogen-bond acceptors (Lipinski definition) is 3. The van der Waals surface area contributed by atoms with E-state index in [4.69, 9.17) is 4.74 Å². The van der Waals surface area contributed by atoms with E-state index in [9.17, 15) is 18.0 Å². The molecule has 0 saturated heterocycles. The highest BCUT2D eigenvalue weighted by Gasteiger charge is 2.34. The lowest BCUT2D eigenvalue weighted by Crippen LogP contribution is -2.39. The highest BCUT2D eigenvalue weighted by atomic mass is 19.2. The molecule has 2 aliphatic rings. The minimum absolute atomic E-state index is 0.0948. The number of halogens is 3. The molecule has 32 heavy (non-hydrogen) atoms. The zero-order valence-corrected chi connectivity index (χ0v) is 17.8. The molecule has 3 aromatic rings. The van der Waals surface area contributed by atoms with Gasteiger partial charge in [-0.25, -0.2) is 13.2 Å². The van der Waals surface area contributed by atoms with Gasteiger partial charge in [-0.05, 0) is 55.2 Å². The van der Waals surface area contributed by atoms with Crippen LogP contribution in [-0.2, 0) is 31.2 Å². The van der Waals surface area contributed by atoms with Crippen molar-refractivity contribution in [2.75, 3.05) is 13.2 Å². The van der Waals surface area contributed by atoms with Gasteiger partial charge >= 0.3 is 0 Å². The maximum absolute atomic E-state index is 13.8. The van der Waals surface area contributed by atoms with Crippen LogP contribution in [0.2, 0.25) is 0 Å². The second kappa shape index (κ2) is 7.78. The SMILES string of the molecule is C[C@H]1c2nn(C)c(-c3cc(F)c(F)c(F)c3)c2CCN1C(=O)c1ccc2c(c1)COCC2. The van der Waals surface area contributed by atoms with Gasteiger partial charge in [-0.1, -0.05) is 6.07 Å². The molecule has 1 aromatic heterocycles. The Morgan fingerprint density at radius 1 is 1.09 bits per heavy atom. The van der Waals surface area contributed by atoms with Gasteiger partial charge in [0.15, 0.2) is 17.5 Å². The number of aromatic nitrogens is 2. The molecule has 0 bridgehead atoms. The second-order valence-electron chi connectivity index (χ2n) is 8.30. The molecule has 0 unspecified atom stereocenters. The molecule has 166 valence electrons. The molecule has 3 heterocycles. The summed E-state index contributed by atoms with van der Waals surface area (Å²) in [7, 11) is 1.68. The maximum Gasteiger partial charge on any atom is 0.254 e. The number of benzene rings is 2. The van der Waals surface area contributed by atoms with Gasteiger partial charge in [0.2, 0.25) is 0 Å². The quantitative estimate of drug-likeness (QED) is 0.556. The number of hydrogen-bond donors (Lipinski definition) is 0. The van der Waals surface area contributed by atoms with Crippen molar-refractivity contribution in [1.82, 2.24) is 14.7 Å². The van der Waals surface area contributed by atoms with Crippen molar-refractivity contribution >= 4 is 5.91 Å². The van der Waals surface area contributed by atoms with Gasteiger partial charge in [0.25, 0.3) is 5.91 Å². The van der Waals surface area contributed by atoms with Crippen LogP contribution in [0.1, 0.15) is 45.7 Å². The summed E-state index contributed by atoms with van der Waals surface area (Å²) in [5, 5.41) is 4.55. The fourth-order valence-corrected chi connectivity index (χ4v) is 4.74. The van der Waals surface area contributed by atoms with Crippen molar-refractivity contribution in [2.24, 2.45) is 7.05 Å². The third-order valence-corrected chi connectivity index (χ3v) is 6.39. The highest BCUT2D eigenvalue weighted by Crippen LogP contribution is 2.37. The summed E-state index contributed by atoms with van der Waals surface area (Å²) < 4.78 is 48.2. The highest BCUT2D eigenvalue weighted by molar-refractivity contribution is 5.95. The molecule has 1 amide bonds. The first-order valence-corrected chi connectivity index (χ1v) is 10.6. The number of carbonyl (C=O) groups is 1. The summed E-state index contributed by atoms with van der Waals surface area (Å²) in [6.07, 6.45) is 1.32. The molecular weight excluding hydrogens is 419 g/mol. The van der Waals surface area contributed by atoms with Crippen LogP contribution < -0.4 is 0 Å². The predicted molar refractivity (Wildman–Crippen MR) is 111 cm³/mol. The van der Waals surface area contributed by atoms with Crippen LogP contribution in [0.4, 0.5) is 13.2 Å². The van der Waals surface area contributed by atoms with Crippen LogP contribution in [-0.4, -0.2) is 33.7 Å². The lowest BCUT2D eigenvalue weighted by atomic mass is 9.94. The summed E-state index contributed by atoms with van der Waals surface area (Å²) in [6, 6.07) is 7.37. The first kappa shape index (κ1) is 20.8. The molecular formula is C24H22F3N3O2. The molecule has 0 radical (unpaired) electrons. The number of aryl methyl sites for hydroxylation is 1. The topological polar surface area (TPSA) is 47.4 Å². The first-order chi connectivity index (χ1) is 15.3. The summed E-state index contributed by atoms with van der Waals surface area (Å²) >= 11 is 0. The monoisotopic (exact) mass is 441 g/mol. The Morgan fingerprint density at radius 3 is 2.59 bits per heavy atom. The molecule has 1 atom stereocenters. The van der Waals surface area contributed by atoms with E-state index in [1.54, 1.807) is 11.9 Å². The number of ether oxygens (including phenoxy) is 1. The van der Waals surface area contributed by atoms with E-state index in [1.807, 2.05) is 25.1 Å². The molecule has 0 fully saturated rings. The fraction of sp³-hybridized carbons (Fsp3) is 0.333. The van der Waals surface area contributed by atoms with Gasteiger partial charge in [0.05, 0.1) is 30.6 Å². The number of nitrogens with zero attached hydrogens (tertiary/aromatic N) is 3. The van der Waals surface area contributed by atoms with E-state index in [-0.39, 0.29) is 17.5 Å². The molecule has 2 aliphatic heterocycles. The van der Waals surface area contributed by atoms with E-state index in [2.05, 4.69) is 5.10 Å². The summed E-state index contributed by atoms with van der Waals surface area (Å²) in [6.45, 7) is 3.52. The van der Waals surface area contributed by atoms with E-state index in [1.165, 1.54) is 10.2 Å². The third kappa shape index (κ3) is 3.30. The Hall–Kier alpha value is -3.13. The first-order valence-electron chi connectivity index (χ1n) is 10.6. The number of carbonyl (C=O) groups excluding carboxylic acids is 1. The molecule has 0 aliphatic carbocycles. The van der Waals surface area contributed by atoms with Gasteiger partial charge < -0.3 is 9.64 Å². The third-order valence-electron chi connectivity index (χ3n) is 6.39. The lowest BCUT2D eigenvalue weighted by molar-refractivity contribution is 0.0672. The molecule has 0 N–H and O–H groups in total. The standard InChI is InChI=1S/C24H22F3N3O2/c1-13-22-18(23(29(2)28-22)16-10-19(25)21(27)20(26)11-16)5-7-30(13)24(31)15-4-3-14-6-8-32-12-17(14)9-15/h3-4,9-11,13H,5-8,12H2,1-2H3/t13-/m0/s1. The van der Waals surface area contributed by atoms with Gasteiger partial charge in [-0.15, -0.1) is 0 Å². The molecule has 5 rings (SSSR count). The van der Waals surface area contributed by atoms with Crippen molar-refractivity contribution in [3.8, 4) is 11.3 Å². The Bertz CT molecular complexity index is 1210. The second-order valence-corrected chi connectivity index (χ2v) is 8.30. The normalized spacial score (nSPS) is 17.8. The Kier molecular flexibility index (Phi) is 5.04. The fourth-order valence-electron chi connectivity index (χ4n) is 4.74. The van der Waals surface area contributed by atoms with Crippen LogP contribution in [0.3, 0.4) is 0 Å². The molecule has 2 aromatic carbocycles. The van der Waals surface area contributed by atoms with E-state index in [0.717, 1.165) is 29.7 Å². The van der Waals surface area contributed by atoms with Crippen LogP contribution in [0.5, 0.6) is 0 Å². The average Bonchev–Trinajstić information content (AvgIpc) is 3.13. The lowest BCUT2D eigenvalue weighted by Gasteiger charge is -2.33. The van der Waals surface area contributed by atoms with E-state index >= 15 is 0 Å². The van der Waals surface area contributed by atoms with Crippen molar-refractivity contribution in [3.63, 3.8) is 0 Å². The van der Waals surface area contributed by atoms with Crippen LogP contribution in [0.15, 0.2) is 30.3 Å². The Morgan fingerprint density at radius 2 is 1.84 bits per heavy atom. The number of rotatable bonds is 2. The largest absolute Gasteiger partial charge is 0.376 e. The zero-order valence-electron chi connectivity index (χ0n) is 17.8. The molecule has 0 saturated carbocycles. The zero-order chi connectivity index (χ0) is 22.6. The van der Waals surface area contributed by atoms with Crippen LogP contribution in [0, 0.1) is 17.5 Å². The average molecular weight is 441 g/mol. The van der Waals surface area contributed by atoms with Crippen LogP contribution >= 0.6 is 0 Å². The van der Waals surface area contributed by atoms with E-state index in [0.29, 0.717) is 43.1 Å². The molecule has 8 heteroatoms. The van der Waals surface area contributed by atoms with Gasteiger partial charge in [-0.3, -0.25) is 9.48 Å². The van der Waals surface area contributed by atoms with Crippen LogP contribution in [0.25, 0.3) is 11.3 Å².